The van der Waals surface area contributed by atoms with Crippen LogP contribution in [0.5, 0.6) is 5.75 Å². The minimum Gasteiger partial charge on any atom is -0.495 e. The zero-order valence-electron chi connectivity index (χ0n) is 11.9. The predicted molar refractivity (Wildman–Crippen MR) is 86.3 cm³/mol. The Kier molecular flexibility index (Phi) is 5.06. The van der Waals surface area contributed by atoms with Crippen LogP contribution in [-0.4, -0.2) is 19.6 Å². The van der Waals surface area contributed by atoms with E-state index in [0.717, 1.165) is 11.3 Å². The van der Waals surface area contributed by atoms with Gasteiger partial charge in [-0.25, -0.2) is 0 Å². The van der Waals surface area contributed by atoms with Crippen LogP contribution in [0.15, 0.2) is 42.5 Å². The van der Waals surface area contributed by atoms with E-state index in [1.165, 1.54) is 0 Å². The Labute approximate surface area is 129 Å². The van der Waals surface area contributed by atoms with Crippen molar-refractivity contribution in [1.29, 1.82) is 0 Å². The smallest absolute Gasteiger partial charge is 0.243 e. The van der Waals surface area contributed by atoms with Crippen LogP contribution in [0.2, 0.25) is 5.02 Å². The topological polar surface area (TPSA) is 50.4 Å². The summed E-state index contributed by atoms with van der Waals surface area (Å²) in [6, 6.07) is 12.9. The van der Waals surface area contributed by atoms with Crippen molar-refractivity contribution in [3.05, 3.63) is 53.1 Å². The van der Waals surface area contributed by atoms with Crippen LogP contribution in [0, 0.1) is 6.92 Å². The number of nitrogens with one attached hydrogen (secondary N) is 2. The molecule has 0 aromatic heterocycles. The van der Waals surface area contributed by atoms with Gasteiger partial charge in [0.2, 0.25) is 5.91 Å². The molecule has 2 aromatic rings. The van der Waals surface area contributed by atoms with Crippen LogP contribution in [0.25, 0.3) is 0 Å². The average molecular weight is 305 g/mol. The number of halogens is 1. The number of benzene rings is 2. The van der Waals surface area contributed by atoms with E-state index in [0.29, 0.717) is 16.5 Å². The zero-order chi connectivity index (χ0) is 15.2. The summed E-state index contributed by atoms with van der Waals surface area (Å²) in [7, 11) is 1.60. The predicted octanol–water partition coefficient (Wildman–Crippen LogP) is 3.71. The molecule has 0 atom stereocenters. The van der Waals surface area contributed by atoms with Gasteiger partial charge >= 0.3 is 0 Å². The molecule has 0 bridgehead atoms. The lowest BCUT2D eigenvalue weighted by Crippen LogP contribution is -2.22. The fourth-order valence-electron chi connectivity index (χ4n) is 1.89. The van der Waals surface area contributed by atoms with Crippen molar-refractivity contribution in [1.82, 2.24) is 0 Å². The molecule has 0 aliphatic rings. The third-order valence-electron chi connectivity index (χ3n) is 2.94. The van der Waals surface area contributed by atoms with Gasteiger partial charge in [0.15, 0.2) is 0 Å². The zero-order valence-corrected chi connectivity index (χ0v) is 12.7. The number of rotatable bonds is 5. The molecule has 0 saturated heterocycles. The molecule has 110 valence electrons. The molecule has 1 amide bonds. The summed E-state index contributed by atoms with van der Waals surface area (Å²) in [4.78, 5) is 11.9. The summed E-state index contributed by atoms with van der Waals surface area (Å²) < 4.78 is 5.25. The summed E-state index contributed by atoms with van der Waals surface area (Å²) in [6.45, 7) is 2.11. The van der Waals surface area contributed by atoms with E-state index in [2.05, 4.69) is 10.6 Å². The Morgan fingerprint density at radius 3 is 2.67 bits per heavy atom. The monoisotopic (exact) mass is 304 g/mol. The first-order valence-corrected chi connectivity index (χ1v) is 6.91. The second kappa shape index (κ2) is 6.99. The first kappa shape index (κ1) is 15.2. The van der Waals surface area contributed by atoms with E-state index in [1.54, 1.807) is 19.2 Å². The molecule has 21 heavy (non-hydrogen) atoms. The Bertz CT molecular complexity index is 644. The molecule has 2 N–H and O–H groups in total. The van der Waals surface area contributed by atoms with E-state index in [1.807, 2.05) is 37.3 Å². The van der Waals surface area contributed by atoms with Crippen LogP contribution in [0.1, 0.15) is 5.56 Å². The van der Waals surface area contributed by atoms with Crippen molar-refractivity contribution < 1.29 is 9.53 Å². The normalized spacial score (nSPS) is 10.0. The molecule has 0 unspecified atom stereocenters. The van der Waals surface area contributed by atoms with Gasteiger partial charge in [0.1, 0.15) is 5.75 Å². The second-order valence-corrected chi connectivity index (χ2v) is 4.99. The number of hydrogen-bond acceptors (Lipinski definition) is 3. The minimum atomic E-state index is -0.174. The summed E-state index contributed by atoms with van der Waals surface area (Å²) in [5.41, 5.74) is 2.47. The fourth-order valence-corrected chi connectivity index (χ4v) is 2.08. The standard InChI is InChI=1S/C16H17ClN2O2/c1-11-7-8-15(21-2)14(9-11)18-10-16(20)19-13-6-4-3-5-12(13)17/h3-9,18H,10H2,1-2H3,(H,19,20). The van der Waals surface area contributed by atoms with Gasteiger partial charge in [-0.3, -0.25) is 4.79 Å². The quantitative estimate of drug-likeness (QED) is 0.885. The van der Waals surface area contributed by atoms with Gasteiger partial charge < -0.3 is 15.4 Å². The lowest BCUT2D eigenvalue weighted by Gasteiger charge is -2.12. The first-order valence-electron chi connectivity index (χ1n) is 6.53. The number of para-hydroxylation sites is 1. The lowest BCUT2D eigenvalue weighted by atomic mass is 10.2. The molecule has 0 spiro atoms. The number of amides is 1. The number of hydrogen-bond donors (Lipinski definition) is 2. The summed E-state index contributed by atoms with van der Waals surface area (Å²) >= 11 is 6.00. The van der Waals surface area contributed by atoms with Gasteiger partial charge in [-0.1, -0.05) is 29.8 Å². The van der Waals surface area contributed by atoms with Crippen molar-refractivity contribution in [3.8, 4) is 5.75 Å². The number of carbonyl (C=O) groups excluding carboxylic acids is 1. The maximum atomic E-state index is 11.9. The molecule has 5 heteroatoms. The molecule has 0 radical (unpaired) electrons. The van der Waals surface area contributed by atoms with Gasteiger partial charge in [-0.05, 0) is 36.8 Å². The van der Waals surface area contributed by atoms with E-state index >= 15 is 0 Å². The van der Waals surface area contributed by atoms with Crippen LogP contribution < -0.4 is 15.4 Å². The van der Waals surface area contributed by atoms with Gasteiger partial charge in [0.25, 0.3) is 0 Å². The molecule has 4 nitrogen and oxygen atoms in total. The molecular formula is C16H17ClN2O2. The highest BCUT2D eigenvalue weighted by Crippen LogP contribution is 2.25. The van der Waals surface area contributed by atoms with Crippen molar-refractivity contribution in [2.75, 3.05) is 24.3 Å². The molecule has 0 heterocycles. The maximum absolute atomic E-state index is 11.9. The third kappa shape index (κ3) is 4.13. The van der Waals surface area contributed by atoms with Crippen LogP contribution in [0.3, 0.4) is 0 Å². The lowest BCUT2D eigenvalue weighted by molar-refractivity contribution is -0.114. The Hall–Kier alpha value is -2.20. The summed E-state index contributed by atoms with van der Waals surface area (Å²) in [5.74, 6) is 0.526. The Morgan fingerprint density at radius 2 is 1.95 bits per heavy atom. The van der Waals surface area contributed by atoms with Gasteiger partial charge in [0, 0.05) is 0 Å². The molecular weight excluding hydrogens is 288 g/mol. The van der Waals surface area contributed by atoms with Crippen molar-refractivity contribution >= 4 is 28.9 Å². The molecule has 0 saturated carbocycles. The minimum absolute atomic E-state index is 0.130. The van der Waals surface area contributed by atoms with E-state index in [9.17, 15) is 4.79 Å². The van der Waals surface area contributed by atoms with Crippen molar-refractivity contribution in [3.63, 3.8) is 0 Å². The number of anilines is 2. The highest BCUT2D eigenvalue weighted by atomic mass is 35.5. The van der Waals surface area contributed by atoms with Gasteiger partial charge in [-0.15, -0.1) is 0 Å². The number of methoxy groups -OCH3 is 1. The third-order valence-corrected chi connectivity index (χ3v) is 3.27. The highest BCUT2D eigenvalue weighted by molar-refractivity contribution is 6.33. The van der Waals surface area contributed by atoms with Crippen molar-refractivity contribution in [2.24, 2.45) is 0 Å². The first-order chi connectivity index (χ1) is 10.1. The van der Waals surface area contributed by atoms with Crippen LogP contribution in [0.4, 0.5) is 11.4 Å². The Balaban J connectivity index is 1.98. The second-order valence-electron chi connectivity index (χ2n) is 4.59. The summed E-state index contributed by atoms with van der Waals surface area (Å²) in [5, 5.41) is 6.34. The molecule has 2 aromatic carbocycles. The Morgan fingerprint density at radius 1 is 1.19 bits per heavy atom. The van der Waals surface area contributed by atoms with Gasteiger partial charge in [-0.2, -0.15) is 0 Å². The van der Waals surface area contributed by atoms with E-state index in [-0.39, 0.29) is 12.5 Å². The highest BCUT2D eigenvalue weighted by Gasteiger charge is 2.07. The number of ether oxygens (including phenoxy) is 1. The van der Waals surface area contributed by atoms with Crippen molar-refractivity contribution in [2.45, 2.75) is 6.92 Å². The molecule has 0 aliphatic heterocycles. The number of aryl methyl sites for hydroxylation is 1. The fraction of sp³-hybridized carbons (Fsp3) is 0.188. The molecule has 0 aliphatic carbocycles. The molecule has 2 rings (SSSR count). The largest absolute Gasteiger partial charge is 0.495 e. The average Bonchev–Trinajstić information content (AvgIpc) is 2.48. The SMILES string of the molecule is COc1ccc(C)cc1NCC(=O)Nc1ccccc1Cl. The van der Waals surface area contributed by atoms with E-state index < -0.39 is 0 Å². The number of carbonyl (C=O) groups is 1. The maximum Gasteiger partial charge on any atom is 0.243 e. The van der Waals surface area contributed by atoms with Crippen LogP contribution >= 0.6 is 11.6 Å². The van der Waals surface area contributed by atoms with Crippen LogP contribution in [-0.2, 0) is 4.79 Å². The molecule has 0 fully saturated rings. The van der Waals surface area contributed by atoms with Gasteiger partial charge in [0.05, 0.1) is 30.1 Å². The van der Waals surface area contributed by atoms with E-state index in [4.69, 9.17) is 16.3 Å². The summed E-state index contributed by atoms with van der Waals surface area (Å²) in [6.07, 6.45) is 0.